The average Bonchev–Trinajstić information content (AvgIpc) is 2.78. The van der Waals surface area contributed by atoms with Crippen LogP contribution in [0.5, 0.6) is 0 Å². The van der Waals surface area contributed by atoms with Crippen molar-refractivity contribution in [1.82, 2.24) is 0 Å². The van der Waals surface area contributed by atoms with Crippen molar-refractivity contribution in [2.45, 2.75) is 59.5 Å². The highest BCUT2D eigenvalue weighted by molar-refractivity contribution is 8.04. The molecule has 0 aromatic carbocycles. The summed E-state index contributed by atoms with van der Waals surface area (Å²) in [5.74, 6) is -0.371. The Bertz CT molecular complexity index is 471. The predicted octanol–water partition coefficient (Wildman–Crippen LogP) is 3.44. The van der Waals surface area contributed by atoms with Crippen molar-refractivity contribution in [1.29, 1.82) is 5.26 Å². The highest BCUT2D eigenvalue weighted by Gasteiger charge is 2.62. The van der Waals surface area contributed by atoms with Crippen molar-refractivity contribution in [3.05, 3.63) is 0 Å². The highest BCUT2D eigenvalue weighted by atomic mass is 32.2. The molecule has 0 heterocycles. The Labute approximate surface area is 136 Å². The molecule has 2 bridgehead atoms. The lowest BCUT2D eigenvalue weighted by Crippen LogP contribution is -2.38. The Balaban J connectivity index is 0.000000295. The molecule has 5 nitrogen and oxygen atoms in total. The third-order valence-electron chi connectivity index (χ3n) is 5.54. The molecule has 3 atom stereocenters. The van der Waals surface area contributed by atoms with Gasteiger partial charge in [0.1, 0.15) is 17.3 Å². The second-order valence-electron chi connectivity index (χ2n) is 6.72. The number of hydrogen-bond donors (Lipinski definition) is 1. The molecule has 124 valence electrons. The number of hydrogen-bond acceptors (Lipinski definition) is 5. The van der Waals surface area contributed by atoms with Gasteiger partial charge in [-0.1, -0.05) is 27.7 Å². The molecule has 0 aliphatic heterocycles. The molecule has 2 aliphatic carbocycles. The monoisotopic (exact) mass is 327 g/mol. The topological polar surface area (TPSA) is 87.4 Å². The van der Waals surface area contributed by atoms with E-state index in [9.17, 15) is 9.59 Å². The lowest BCUT2D eigenvalue weighted by molar-refractivity contribution is -0.156. The van der Waals surface area contributed by atoms with Crippen molar-refractivity contribution in [3.63, 3.8) is 0 Å². The Morgan fingerprint density at radius 1 is 1.41 bits per heavy atom. The minimum atomic E-state index is -0.952. The summed E-state index contributed by atoms with van der Waals surface area (Å²) < 4.78 is 5.59. The molecular weight excluding hydrogens is 302 g/mol. The van der Waals surface area contributed by atoms with Crippen molar-refractivity contribution in [2.75, 3.05) is 5.75 Å². The van der Waals surface area contributed by atoms with Crippen molar-refractivity contribution in [2.24, 2.45) is 16.7 Å². The van der Waals surface area contributed by atoms with E-state index in [1.165, 1.54) is 12.8 Å². The van der Waals surface area contributed by atoms with Crippen LogP contribution >= 0.6 is 11.8 Å². The smallest absolute Gasteiger partial charge is 0.314 e. The van der Waals surface area contributed by atoms with Crippen LogP contribution < -0.4 is 0 Å². The Morgan fingerprint density at radius 3 is 2.36 bits per heavy atom. The first-order valence-corrected chi connectivity index (χ1v) is 8.59. The molecule has 2 rings (SSSR count). The Morgan fingerprint density at radius 2 is 2.05 bits per heavy atom. The molecule has 22 heavy (non-hydrogen) atoms. The van der Waals surface area contributed by atoms with Gasteiger partial charge in [-0.3, -0.25) is 9.59 Å². The molecule has 0 aromatic rings. The van der Waals surface area contributed by atoms with Crippen LogP contribution in [0.2, 0.25) is 0 Å². The minimum absolute atomic E-state index is 0.0374. The van der Waals surface area contributed by atoms with Gasteiger partial charge in [0.05, 0.1) is 0 Å². The maximum absolute atomic E-state index is 11.4. The van der Waals surface area contributed by atoms with Crippen LogP contribution in [0.15, 0.2) is 0 Å². The third-order valence-corrected chi connectivity index (χ3v) is 6.06. The number of carboxylic acid groups (broad SMARTS) is 1. The second kappa shape index (κ2) is 7.36. The van der Waals surface area contributed by atoms with E-state index < -0.39 is 5.97 Å². The van der Waals surface area contributed by atoms with Gasteiger partial charge in [0.2, 0.25) is 0 Å². The number of thioether (sulfide) groups is 1. The van der Waals surface area contributed by atoms with E-state index in [0.717, 1.165) is 24.1 Å². The third kappa shape index (κ3) is 3.75. The van der Waals surface area contributed by atoms with E-state index in [2.05, 4.69) is 20.8 Å². The molecule has 0 radical (unpaired) electrons. The van der Waals surface area contributed by atoms with E-state index in [1.54, 1.807) is 5.40 Å². The van der Waals surface area contributed by atoms with Crippen LogP contribution in [0.4, 0.5) is 0 Å². The molecule has 0 amide bonds. The van der Waals surface area contributed by atoms with Crippen LogP contribution in [-0.4, -0.2) is 28.9 Å². The first-order chi connectivity index (χ1) is 10.2. The molecule has 2 aliphatic rings. The summed E-state index contributed by atoms with van der Waals surface area (Å²) in [7, 11) is 0. The fraction of sp³-hybridized carbons (Fsp3) is 0.812. The summed E-state index contributed by atoms with van der Waals surface area (Å²) >= 11 is 0.722. The lowest BCUT2D eigenvalue weighted by atomic mass is 9.70. The predicted molar refractivity (Wildman–Crippen MR) is 85.1 cm³/mol. The number of thiocyanates is 1. The number of aliphatic carboxylic acids is 1. The summed E-state index contributed by atoms with van der Waals surface area (Å²) in [5, 5.41) is 17.3. The largest absolute Gasteiger partial charge is 0.481 e. The van der Waals surface area contributed by atoms with Gasteiger partial charge in [0.25, 0.3) is 0 Å². The molecule has 6 heteroatoms. The second-order valence-corrected chi connectivity index (χ2v) is 7.48. The highest BCUT2D eigenvalue weighted by Crippen LogP contribution is 2.66. The molecule has 1 unspecified atom stereocenters. The van der Waals surface area contributed by atoms with Gasteiger partial charge in [-0.05, 0) is 42.4 Å². The van der Waals surface area contributed by atoms with Crippen molar-refractivity contribution >= 4 is 23.7 Å². The number of nitrogens with zero attached hydrogens (tertiary/aromatic N) is 1. The zero-order valence-electron chi connectivity index (χ0n) is 13.7. The fourth-order valence-electron chi connectivity index (χ4n) is 3.64. The molecule has 2 saturated carbocycles. The van der Waals surface area contributed by atoms with E-state index in [0.29, 0.717) is 11.8 Å². The molecule has 0 spiro atoms. The normalized spacial score (nSPS) is 30.9. The van der Waals surface area contributed by atoms with Crippen molar-refractivity contribution in [3.8, 4) is 5.40 Å². The van der Waals surface area contributed by atoms with E-state index in [-0.39, 0.29) is 23.2 Å². The number of rotatable bonds is 4. The standard InChI is InChI=1S/C13H22O2.C3H3NO2S/c1-5-11(14)15-10-8-9-6-7-13(10,4)12(9,2)3;4-2-7-1-3(5)6/h9-10H,5-8H2,1-4H3;1H2,(H,5,6)/t9-,10?,13-;/m1./s1. The molecule has 2 fully saturated rings. The van der Waals surface area contributed by atoms with Crippen LogP contribution in [0.1, 0.15) is 53.4 Å². The van der Waals surface area contributed by atoms with Crippen LogP contribution in [0.3, 0.4) is 0 Å². The summed E-state index contributed by atoms with van der Waals surface area (Å²) in [6.07, 6.45) is 4.27. The Hall–Kier alpha value is -1.22. The number of fused-ring (bicyclic) bond motifs is 2. The number of nitriles is 1. The SMILES string of the molecule is CCC(=O)OC1C[C@H]2CC[C@@]1(C)C2(C)C.N#CSCC(=O)O. The van der Waals surface area contributed by atoms with Crippen molar-refractivity contribution < 1.29 is 19.4 Å². The first kappa shape index (κ1) is 18.8. The van der Waals surface area contributed by atoms with Gasteiger partial charge in [-0.15, -0.1) is 0 Å². The number of carbonyl (C=O) groups is 2. The fourth-order valence-corrected chi connectivity index (χ4v) is 3.83. The van der Waals surface area contributed by atoms with E-state index in [4.69, 9.17) is 15.1 Å². The van der Waals surface area contributed by atoms with Gasteiger partial charge in [-0.2, -0.15) is 5.26 Å². The zero-order chi connectivity index (χ0) is 17.0. The molecule has 1 N–H and O–H groups in total. The first-order valence-electron chi connectivity index (χ1n) is 7.61. The van der Waals surface area contributed by atoms with Crippen LogP contribution in [0.25, 0.3) is 0 Å². The number of ether oxygens (including phenoxy) is 1. The van der Waals surface area contributed by atoms with Gasteiger partial charge >= 0.3 is 11.9 Å². The van der Waals surface area contributed by atoms with E-state index in [1.807, 2.05) is 6.92 Å². The molecule has 0 saturated heterocycles. The zero-order valence-corrected chi connectivity index (χ0v) is 14.5. The molecule has 0 aromatic heterocycles. The van der Waals surface area contributed by atoms with E-state index >= 15 is 0 Å². The van der Waals surface area contributed by atoms with Gasteiger partial charge in [0.15, 0.2) is 0 Å². The van der Waals surface area contributed by atoms with Crippen LogP contribution in [0, 0.1) is 27.4 Å². The van der Waals surface area contributed by atoms with Crippen LogP contribution in [-0.2, 0) is 14.3 Å². The number of esters is 1. The summed E-state index contributed by atoms with van der Waals surface area (Å²) in [6.45, 7) is 8.84. The van der Waals surface area contributed by atoms with Gasteiger partial charge < -0.3 is 9.84 Å². The van der Waals surface area contributed by atoms with Gasteiger partial charge in [-0.25, -0.2) is 0 Å². The Kier molecular flexibility index (Phi) is 6.30. The quantitative estimate of drug-likeness (QED) is 0.628. The summed E-state index contributed by atoms with van der Waals surface area (Å²) in [4.78, 5) is 21.0. The lowest BCUT2D eigenvalue weighted by Gasteiger charge is -2.38. The number of carboxylic acids is 1. The summed E-state index contributed by atoms with van der Waals surface area (Å²) in [5.41, 5.74) is 0.550. The van der Waals surface area contributed by atoms with Gasteiger partial charge in [0, 0.05) is 11.8 Å². The average molecular weight is 327 g/mol. The maximum Gasteiger partial charge on any atom is 0.314 e. The molecular formula is C16H25NO4S. The summed E-state index contributed by atoms with van der Waals surface area (Å²) in [6, 6.07) is 0. The maximum atomic E-state index is 11.4. The minimum Gasteiger partial charge on any atom is -0.481 e. The number of carbonyl (C=O) groups excluding carboxylic acids is 1.